The number of nitrogens with zero attached hydrogens (tertiary/aromatic N) is 1. The molecule has 0 saturated carbocycles. The molecule has 1 saturated heterocycles. The zero-order valence-electron chi connectivity index (χ0n) is 14.5. The molecule has 0 aliphatic carbocycles. The van der Waals surface area contributed by atoms with E-state index in [9.17, 15) is 14.4 Å². The maximum atomic E-state index is 12.8. The molecule has 0 radical (unpaired) electrons. The van der Waals surface area contributed by atoms with Gasteiger partial charge >= 0.3 is 6.03 Å². The minimum Gasteiger partial charge on any atom is -0.493 e. The summed E-state index contributed by atoms with van der Waals surface area (Å²) in [5, 5.41) is 2.62. The maximum absolute atomic E-state index is 12.8. The Morgan fingerprint density at radius 2 is 1.63 bits per heavy atom. The second kappa shape index (κ2) is 7.51. The monoisotopic (exact) mass is 386 g/mol. The molecule has 0 atom stereocenters. The molecule has 7 nitrogen and oxygen atoms in total. The number of halogens is 1. The van der Waals surface area contributed by atoms with Gasteiger partial charge in [-0.05, 0) is 48.0 Å². The zero-order valence-corrected chi connectivity index (χ0v) is 15.2. The Balaban J connectivity index is 2.00. The molecule has 0 unspecified atom stereocenters. The number of methoxy groups -OCH3 is 2. The molecule has 4 amide bonds. The first-order valence-electron chi connectivity index (χ1n) is 7.83. The third-order valence-electron chi connectivity index (χ3n) is 3.91. The van der Waals surface area contributed by atoms with Gasteiger partial charge < -0.3 is 9.47 Å². The molecular formula is C19H15ClN2O5. The fraction of sp³-hybridized carbons (Fsp3) is 0.105. The summed E-state index contributed by atoms with van der Waals surface area (Å²) in [7, 11) is 2.98. The summed E-state index contributed by atoms with van der Waals surface area (Å²) >= 11 is 5.84. The van der Waals surface area contributed by atoms with E-state index in [-0.39, 0.29) is 5.57 Å². The largest absolute Gasteiger partial charge is 0.493 e. The third-order valence-corrected chi connectivity index (χ3v) is 4.16. The number of benzene rings is 2. The predicted molar refractivity (Wildman–Crippen MR) is 100.0 cm³/mol. The zero-order chi connectivity index (χ0) is 19.6. The van der Waals surface area contributed by atoms with Crippen LogP contribution in [0.15, 0.2) is 48.0 Å². The van der Waals surface area contributed by atoms with Crippen molar-refractivity contribution in [2.45, 2.75) is 0 Å². The lowest BCUT2D eigenvalue weighted by Crippen LogP contribution is -2.54. The van der Waals surface area contributed by atoms with Crippen molar-refractivity contribution in [1.29, 1.82) is 0 Å². The summed E-state index contributed by atoms with van der Waals surface area (Å²) in [5.74, 6) is -0.552. The number of amides is 4. The van der Waals surface area contributed by atoms with E-state index < -0.39 is 17.8 Å². The van der Waals surface area contributed by atoms with Crippen LogP contribution in [-0.2, 0) is 9.59 Å². The van der Waals surface area contributed by atoms with E-state index in [0.29, 0.717) is 27.8 Å². The molecule has 3 rings (SSSR count). The number of nitrogens with one attached hydrogen (secondary N) is 1. The Kier molecular flexibility index (Phi) is 5.14. The molecule has 1 fully saturated rings. The van der Waals surface area contributed by atoms with Crippen molar-refractivity contribution in [2.24, 2.45) is 0 Å². The van der Waals surface area contributed by atoms with Gasteiger partial charge in [-0.1, -0.05) is 17.7 Å². The molecule has 2 aromatic carbocycles. The summed E-state index contributed by atoms with van der Waals surface area (Å²) in [6.45, 7) is 0. The molecule has 1 heterocycles. The van der Waals surface area contributed by atoms with Gasteiger partial charge in [0.25, 0.3) is 11.8 Å². The van der Waals surface area contributed by atoms with Gasteiger partial charge in [0.05, 0.1) is 19.9 Å². The van der Waals surface area contributed by atoms with E-state index in [1.54, 1.807) is 30.3 Å². The summed E-state index contributed by atoms with van der Waals surface area (Å²) in [4.78, 5) is 38.0. The highest BCUT2D eigenvalue weighted by Gasteiger charge is 2.36. The van der Waals surface area contributed by atoms with Crippen molar-refractivity contribution < 1.29 is 23.9 Å². The number of urea groups is 1. The Hall–Kier alpha value is -3.32. The summed E-state index contributed by atoms with van der Waals surface area (Å²) in [6.07, 6.45) is 1.38. The Morgan fingerprint density at radius 3 is 2.26 bits per heavy atom. The van der Waals surface area contributed by atoms with E-state index in [4.69, 9.17) is 21.1 Å². The number of carbonyl (C=O) groups excluding carboxylic acids is 3. The van der Waals surface area contributed by atoms with Gasteiger partial charge in [0.15, 0.2) is 11.5 Å². The fourth-order valence-electron chi connectivity index (χ4n) is 2.59. The summed E-state index contributed by atoms with van der Waals surface area (Å²) < 4.78 is 10.4. The SMILES string of the molecule is COc1ccc(/C=C2\C(=O)NC(=O)N(c3ccc(Cl)cc3)C2=O)cc1OC. The van der Waals surface area contributed by atoms with Crippen LogP contribution in [-0.4, -0.2) is 32.1 Å². The van der Waals surface area contributed by atoms with Crippen molar-refractivity contribution >= 4 is 41.2 Å². The standard InChI is InChI=1S/C19H15ClN2O5/c1-26-15-8-3-11(10-16(15)27-2)9-14-17(23)21-19(25)22(18(14)24)13-6-4-12(20)5-7-13/h3-10H,1-2H3,(H,21,23,25)/b14-9+. The van der Waals surface area contributed by atoms with Crippen molar-refractivity contribution in [2.75, 3.05) is 19.1 Å². The molecule has 1 N–H and O–H groups in total. The second-order valence-corrected chi connectivity index (χ2v) is 5.99. The summed E-state index contributed by atoms with van der Waals surface area (Å²) in [5.41, 5.74) is 0.654. The highest BCUT2D eigenvalue weighted by atomic mass is 35.5. The van der Waals surface area contributed by atoms with Crippen molar-refractivity contribution in [3.05, 3.63) is 58.6 Å². The second-order valence-electron chi connectivity index (χ2n) is 5.55. The molecule has 0 spiro atoms. The predicted octanol–water partition coefficient (Wildman–Crippen LogP) is 3.02. The number of hydrogen-bond donors (Lipinski definition) is 1. The van der Waals surface area contributed by atoms with E-state index >= 15 is 0 Å². The minimum absolute atomic E-state index is 0.184. The molecule has 2 aromatic rings. The van der Waals surface area contributed by atoms with Crippen LogP contribution < -0.4 is 19.7 Å². The van der Waals surface area contributed by atoms with E-state index in [0.717, 1.165) is 4.90 Å². The van der Waals surface area contributed by atoms with Gasteiger partial charge in [0.1, 0.15) is 5.57 Å². The van der Waals surface area contributed by atoms with Gasteiger partial charge in [-0.25, -0.2) is 9.69 Å². The van der Waals surface area contributed by atoms with E-state index in [2.05, 4.69) is 5.32 Å². The quantitative estimate of drug-likeness (QED) is 0.645. The number of anilines is 1. The van der Waals surface area contributed by atoms with Gasteiger partial charge in [-0.15, -0.1) is 0 Å². The lowest BCUT2D eigenvalue weighted by molar-refractivity contribution is -0.122. The minimum atomic E-state index is -0.822. The van der Waals surface area contributed by atoms with Crippen LogP contribution in [0.1, 0.15) is 5.56 Å². The molecular weight excluding hydrogens is 372 g/mol. The normalized spacial score (nSPS) is 15.7. The number of rotatable bonds is 4. The van der Waals surface area contributed by atoms with Crippen molar-refractivity contribution in [3.8, 4) is 11.5 Å². The number of ether oxygens (including phenoxy) is 2. The van der Waals surface area contributed by atoms with Crippen LogP contribution in [0.25, 0.3) is 6.08 Å². The maximum Gasteiger partial charge on any atom is 0.335 e. The van der Waals surface area contributed by atoms with Gasteiger partial charge in [-0.3, -0.25) is 14.9 Å². The van der Waals surface area contributed by atoms with Gasteiger partial charge in [0, 0.05) is 5.02 Å². The van der Waals surface area contributed by atoms with Crippen LogP contribution in [0.2, 0.25) is 5.02 Å². The molecule has 1 aliphatic heterocycles. The molecule has 138 valence electrons. The average Bonchev–Trinajstić information content (AvgIpc) is 2.66. The molecule has 1 aliphatic rings. The Morgan fingerprint density at radius 1 is 0.963 bits per heavy atom. The molecule has 0 bridgehead atoms. The fourth-order valence-corrected chi connectivity index (χ4v) is 2.72. The Bertz CT molecular complexity index is 953. The van der Waals surface area contributed by atoms with Crippen LogP contribution in [0.5, 0.6) is 11.5 Å². The van der Waals surface area contributed by atoms with E-state index in [1.807, 2.05) is 0 Å². The first kappa shape index (κ1) is 18.5. The Labute approximate surface area is 160 Å². The lowest BCUT2D eigenvalue weighted by atomic mass is 10.1. The number of imide groups is 2. The van der Waals surface area contributed by atoms with Gasteiger partial charge in [-0.2, -0.15) is 0 Å². The third kappa shape index (κ3) is 3.63. The van der Waals surface area contributed by atoms with Crippen molar-refractivity contribution in [1.82, 2.24) is 5.32 Å². The highest BCUT2D eigenvalue weighted by molar-refractivity contribution is 6.39. The number of carbonyl (C=O) groups is 3. The first-order chi connectivity index (χ1) is 12.9. The number of barbiturate groups is 1. The van der Waals surface area contributed by atoms with Crippen molar-refractivity contribution in [3.63, 3.8) is 0 Å². The molecule has 27 heavy (non-hydrogen) atoms. The highest BCUT2D eigenvalue weighted by Crippen LogP contribution is 2.29. The molecule has 8 heteroatoms. The summed E-state index contributed by atoms with van der Waals surface area (Å²) in [6, 6.07) is 10.2. The van der Waals surface area contributed by atoms with Crippen LogP contribution in [0.4, 0.5) is 10.5 Å². The number of hydrogen-bond acceptors (Lipinski definition) is 5. The topological polar surface area (TPSA) is 84.9 Å². The van der Waals surface area contributed by atoms with Crippen LogP contribution >= 0.6 is 11.6 Å². The smallest absolute Gasteiger partial charge is 0.335 e. The van der Waals surface area contributed by atoms with E-state index in [1.165, 1.54) is 32.4 Å². The molecule has 0 aromatic heterocycles. The lowest BCUT2D eigenvalue weighted by Gasteiger charge is -2.26. The van der Waals surface area contributed by atoms with Crippen LogP contribution in [0.3, 0.4) is 0 Å². The van der Waals surface area contributed by atoms with Crippen LogP contribution in [0, 0.1) is 0 Å². The average molecular weight is 387 g/mol. The van der Waals surface area contributed by atoms with Gasteiger partial charge in [0.2, 0.25) is 0 Å². The first-order valence-corrected chi connectivity index (χ1v) is 8.21.